The maximum atomic E-state index is 11.8. The van der Waals surface area contributed by atoms with E-state index in [-0.39, 0.29) is 5.91 Å². The van der Waals surface area contributed by atoms with Crippen molar-refractivity contribution >= 4 is 23.2 Å². The Kier molecular flexibility index (Phi) is 6.09. The number of nitrogens with zero attached hydrogens (tertiary/aromatic N) is 1. The molecule has 0 aromatic carbocycles. The van der Waals surface area contributed by atoms with Crippen molar-refractivity contribution in [1.29, 1.82) is 0 Å². The van der Waals surface area contributed by atoms with E-state index in [4.69, 9.17) is 17.3 Å². The van der Waals surface area contributed by atoms with E-state index in [1.54, 1.807) is 12.3 Å². The number of hydrogen-bond acceptors (Lipinski definition) is 3. The van der Waals surface area contributed by atoms with E-state index in [0.29, 0.717) is 24.0 Å². The quantitative estimate of drug-likeness (QED) is 0.781. The summed E-state index contributed by atoms with van der Waals surface area (Å²) in [5, 5.41) is 3.28. The van der Waals surface area contributed by atoms with Gasteiger partial charge in [0.25, 0.3) is 0 Å². The Morgan fingerprint density at radius 1 is 1.56 bits per heavy atom. The average molecular weight is 270 g/mol. The molecule has 0 aliphatic heterocycles. The number of aromatic nitrogens is 1. The Bertz CT molecular complexity index is 409. The summed E-state index contributed by atoms with van der Waals surface area (Å²) in [7, 11) is 0. The SMILES string of the molecule is Cc1cc(Cl)ncc1NC(=O)CCC(C)CCN. The second-order valence-corrected chi connectivity index (χ2v) is 4.98. The zero-order valence-electron chi connectivity index (χ0n) is 10.9. The maximum Gasteiger partial charge on any atom is 0.224 e. The lowest BCUT2D eigenvalue weighted by Crippen LogP contribution is -2.14. The second-order valence-electron chi connectivity index (χ2n) is 4.59. The molecular weight excluding hydrogens is 250 g/mol. The predicted octanol–water partition coefficient (Wildman–Crippen LogP) is 2.75. The lowest BCUT2D eigenvalue weighted by molar-refractivity contribution is -0.116. The van der Waals surface area contributed by atoms with Crippen LogP contribution in [0.25, 0.3) is 0 Å². The molecule has 3 N–H and O–H groups in total. The molecule has 0 bridgehead atoms. The van der Waals surface area contributed by atoms with Gasteiger partial charge in [0.2, 0.25) is 5.91 Å². The first-order valence-electron chi connectivity index (χ1n) is 6.15. The number of anilines is 1. The van der Waals surface area contributed by atoms with Crippen LogP contribution in [0.4, 0.5) is 5.69 Å². The molecule has 4 nitrogen and oxygen atoms in total. The first-order valence-corrected chi connectivity index (χ1v) is 6.52. The van der Waals surface area contributed by atoms with Crippen LogP contribution in [0.5, 0.6) is 0 Å². The van der Waals surface area contributed by atoms with Gasteiger partial charge in [-0.1, -0.05) is 18.5 Å². The van der Waals surface area contributed by atoms with Gasteiger partial charge in [0, 0.05) is 6.42 Å². The highest BCUT2D eigenvalue weighted by Crippen LogP contribution is 2.17. The standard InChI is InChI=1S/C13H20ClN3O/c1-9(5-6-15)3-4-13(18)17-11-8-16-12(14)7-10(11)2/h7-9H,3-6,15H2,1-2H3,(H,17,18). The summed E-state index contributed by atoms with van der Waals surface area (Å²) in [6.07, 6.45) is 3.89. The molecule has 1 amide bonds. The van der Waals surface area contributed by atoms with Crippen molar-refractivity contribution < 1.29 is 4.79 Å². The maximum absolute atomic E-state index is 11.8. The fraction of sp³-hybridized carbons (Fsp3) is 0.538. The summed E-state index contributed by atoms with van der Waals surface area (Å²) in [4.78, 5) is 15.7. The van der Waals surface area contributed by atoms with Crippen LogP contribution in [0.2, 0.25) is 5.15 Å². The number of hydrogen-bond donors (Lipinski definition) is 2. The summed E-state index contributed by atoms with van der Waals surface area (Å²) in [6, 6.07) is 1.73. The van der Waals surface area contributed by atoms with Crippen molar-refractivity contribution in [1.82, 2.24) is 4.98 Å². The van der Waals surface area contributed by atoms with Gasteiger partial charge in [-0.25, -0.2) is 4.98 Å². The van der Waals surface area contributed by atoms with Crippen molar-refractivity contribution in [3.8, 4) is 0 Å². The van der Waals surface area contributed by atoms with Gasteiger partial charge in [-0.15, -0.1) is 0 Å². The smallest absolute Gasteiger partial charge is 0.224 e. The number of pyridine rings is 1. The molecule has 1 aromatic heterocycles. The highest BCUT2D eigenvalue weighted by Gasteiger charge is 2.08. The lowest BCUT2D eigenvalue weighted by atomic mass is 10.0. The number of amides is 1. The van der Waals surface area contributed by atoms with Crippen LogP contribution in [0.15, 0.2) is 12.3 Å². The van der Waals surface area contributed by atoms with E-state index >= 15 is 0 Å². The van der Waals surface area contributed by atoms with Crippen molar-refractivity contribution in [3.63, 3.8) is 0 Å². The van der Waals surface area contributed by atoms with Gasteiger partial charge in [0.1, 0.15) is 5.15 Å². The Morgan fingerprint density at radius 3 is 2.89 bits per heavy atom. The number of aryl methyl sites for hydroxylation is 1. The molecule has 0 spiro atoms. The van der Waals surface area contributed by atoms with Crippen LogP contribution in [-0.4, -0.2) is 17.4 Å². The minimum atomic E-state index is 0.00564. The fourth-order valence-electron chi connectivity index (χ4n) is 1.67. The minimum Gasteiger partial charge on any atom is -0.330 e. The third-order valence-electron chi connectivity index (χ3n) is 2.88. The predicted molar refractivity (Wildman–Crippen MR) is 74.7 cm³/mol. The third-order valence-corrected chi connectivity index (χ3v) is 3.08. The van der Waals surface area contributed by atoms with Crippen LogP contribution < -0.4 is 11.1 Å². The Morgan fingerprint density at radius 2 is 2.28 bits per heavy atom. The van der Waals surface area contributed by atoms with E-state index in [2.05, 4.69) is 17.2 Å². The Labute approximate surface area is 113 Å². The van der Waals surface area contributed by atoms with Crippen molar-refractivity contribution in [3.05, 3.63) is 23.0 Å². The van der Waals surface area contributed by atoms with E-state index in [1.807, 2.05) is 6.92 Å². The number of rotatable bonds is 6. The summed E-state index contributed by atoms with van der Waals surface area (Å²) in [5.74, 6) is 0.483. The Hall–Kier alpha value is -1.13. The van der Waals surface area contributed by atoms with Crippen LogP contribution in [0.3, 0.4) is 0 Å². The lowest BCUT2D eigenvalue weighted by Gasteiger charge is -2.11. The monoisotopic (exact) mass is 269 g/mol. The average Bonchev–Trinajstić information content (AvgIpc) is 2.31. The molecular formula is C13H20ClN3O. The summed E-state index contributed by atoms with van der Waals surface area (Å²) < 4.78 is 0. The minimum absolute atomic E-state index is 0.00564. The molecule has 5 heteroatoms. The fourth-order valence-corrected chi connectivity index (χ4v) is 1.88. The van der Waals surface area contributed by atoms with Crippen molar-refractivity contribution in [2.75, 3.05) is 11.9 Å². The first kappa shape index (κ1) is 14.9. The third kappa shape index (κ3) is 5.02. The van der Waals surface area contributed by atoms with Gasteiger partial charge in [-0.2, -0.15) is 0 Å². The number of carbonyl (C=O) groups is 1. The number of nitrogens with one attached hydrogen (secondary N) is 1. The zero-order valence-corrected chi connectivity index (χ0v) is 11.6. The highest BCUT2D eigenvalue weighted by molar-refractivity contribution is 6.29. The number of halogens is 1. The molecule has 1 atom stereocenters. The molecule has 18 heavy (non-hydrogen) atoms. The highest BCUT2D eigenvalue weighted by atomic mass is 35.5. The van der Waals surface area contributed by atoms with Gasteiger partial charge in [-0.3, -0.25) is 4.79 Å². The van der Waals surface area contributed by atoms with Crippen molar-refractivity contribution in [2.24, 2.45) is 11.7 Å². The van der Waals surface area contributed by atoms with Gasteiger partial charge < -0.3 is 11.1 Å². The van der Waals surface area contributed by atoms with Crippen molar-refractivity contribution in [2.45, 2.75) is 33.1 Å². The van der Waals surface area contributed by atoms with E-state index in [0.717, 1.165) is 24.1 Å². The van der Waals surface area contributed by atoms with E-state index in [1.165, 1.54) is 0 Å². The topological polar surface area (TPSA) is 68.0 Å². The molecule has 0 saturated carbocycles. The molecule has 0 aliphatic rings. The van der Waals surface area contributed by atoms with Crippen LogP contribution in [0, 0.1) is 12.8 Å². The van der Waals surface area contributed by atoms with Gasteiger partial charge >= 0.3 is 0 Å². The molecule has 1 unspecified atom stereocenters. The molecule has 0 saturated heterocycles. The molecule has 1 rings (SSSR count). The Balaban J connectivity index is 2.44. The molecule has 0 radical (unpaired) electrons. The summed E-state index contributed by atoms with van der Waals surface area (Å²) in [5.41, 5.74) is 7.11. The van der Waals surface area contributed by atoms with E-state index in [9.17, 15) is 4.79 Å². The normalized spacial score (nSPS) is 12.2. The molecule has 0 aliphatic carbocycles. The summed E-state index contributed by atoms with van der Waals surface area (Å²) in [6.45, 7) is 4.67. The second kappa shape index (κ2) is 7.34. The number of carbonyl (C=O) groups excluding carboxylic acids is 1. The van der Waals surface area contributed by atoms with Gasteiger partial charge in [0.15, 0.2) is 0 Å². The largest absolute Gasteiger partial charge is 0.330 e. The molecule has 1 aromatic rings. The van der Waals surface area contributed by atoms with E-state index < -0.39 is 0 Å². The number of nitrogens with two attached hydrogens (primary N) is 1. The first-order chi connectivity index (χ1) is 8.52. The molecule has 100 valence electrons. The van der Waals surface area contributed by atoms with Gasteiger partial charge in [-0.05, 0) is 43.9 Å². The molecule has 0 fully saturated rings. The zero-order chi connectivity index (χ0) is 13.5. The van der Waals surface area contributed by atoms with Crippen LogP contribution in [0.1, 0.15) is 31.7 Å². The summed E-state index contributed by atoms with van der Waals surface area (Å²) >= 11 is 5.76. The van der Waals surface area contributed by atoms with Gasteiger partial charge in [0.05, 0.1) is 11.9 Å². The van der Waals surface area contributed by atoms with Crippen LogP contribution in [-0.2, 0) is 4.79 Å². The molecule has 1 heterocycles. The van der Waals surface area contributed by atoms with Crippen LogP contribution >= 0.6 is 11.6 Å².